The Bertz CT molecular complexity index is 590. The smallest absolute Gasteiger partial charge is 0.104 e. The Morgan fingerprint density at radius 2 is 0.711 bits per heavy atom. The van der Waals surface area contributed by atoms with Gasteiger partial charge in [0.1, 0.15) is 6.10 Å². The molecule has 0 aliphatic rings. The van der Waals surface area contributed by atoms with Crippen LogP contribution in [0.15, 0.2) is 0 Å². The van der Waals surface area contributed by atoms with Gasteiger partial charge in [-0.3, -0.25) is 0 Å². The molecule has 0 aromatic heterocycles. The van der Waals surface area contributed by atoms with Crippen LogP contribution in [0.25, 0.3) is 0 Å². The summed E-state index contributed by atoms with van der Waals surface area (Å²) in [6.07, 6.45) is 28.3. The Labute approximate surface area is 285 Å². The van der Waals surface area contributed by atoms with E-state index in [2.05, 4.69) is 62.3 Å². The van der Waals surface area contributed by atoms with Crippen LogP contribution < -0.4 is 0 Å². The maximum absolute atomic E-state index is 9.77. The third-order valence-electron chi connectivity index (χ3n) is 10.4. The summed E-state index contributed by atoms with van der Waals surface area (Å²) in [7, 11) is 0. The topological polar surface area (TPSA) is 38.7 Å². The first-order valence-corrected chi connectivity index (χ1v) is 20.3. The molecule has 0 aliphatic carbocycles. The van der Waals surface area contributed by atoms with Crippen molar-refractivity contribution in [2.75, 3.05) is 26.4 Å². The first kappa shape index (κ1) is 44.9. The number of rotatable bonds is 34. The first-order valence-electron chi connectivity index (χ1n) is 20.3. The summed E-state index contributed by atoms with van der Waals surface area (Å²) in [6.45, 7) is 23.5. The summed E-state index contributed by atoms with van der Waals surface area (Å²) in [6, 6.07) is 0. The molecule has 0 aliphatic heterocycles. The normalized spacial score (nSPS) is 16.3. The Morgan fingerprint density at radius 1 is 0.378 bits per heavy atom. The lowest BCUT2D eigenvalue weighted by Gasteiger charge is -2.19. The lowest BCUT2D eigenvalue weighted by atomic mass is 9.91. The van der Waals surface area contributed by atoms with Crippen LogP contribution >= 0.6 is 0 Å². The van der Waals surface area contributed by atoms with Crippen LogP contribution in [0, 0.1) is 41.4 Å². The third-order valence-corrected chi connectivity index (χ3v) is 10.4. The van der Waals surface area contributed by atoms with E-state index < -0.39 is 0 Å². The summed E-state index contributed by atoms with van der Waals surface area (Å²) >= 11 is 0. The molecule has 0 aromatic carbocycles. The van der Waals surface area contributed by atoms with Gasteiger partial charge in [0.15, 0.2) is 0 Å². The maximum Gasteiger partial charge on any atom is 0.104 e. The molecule has 0 rings (SSSR count). The molecular formula is C42H86O3. The zero-order chi connectivity index (χ0) is 33.7. The quantitative estimate of drug-likeness (QED) is 0.0713. The van der Waals surface area contributed by atoms with E-state index in [4.69, 9.17) is 9.47 Å². The molecule has 0 radical (unpaired) electrons. The second kappa shape index (κ2) is 31.2. The number of hydrogen-bond donors (Lipinski definition) is 1. The zero-order valence-corrected chi connectivity index (χ0v) is 32.6. The molecular weight excluding hydrogens is 552 g/mol. The molecule has 0 heterocycles. The number of ether oxygens (including phenoxy) is 2. The molecule has 0 saturated heterocycles. The van der Waals surface area contributed by atoms with E-state index in [9.17, 15) is 5.11 Å². The van der Waals surface area contributed by atoms with Gasteiger partial charge in [-0.1, -0.05) is 184 Å². The standard InChI is InChI=1S/C42H86O3/c1-35(2)19-13-11-10-12-14-21-37(5)23-17-28-41(9)30-32-45-42(33-43)34-44-31-29-40(8)27-18-26-39(7)25-16-24-38(6)22-15-20-36(3)4/h35-43H,10-34H2,1-9H3/t37-,38+,39+,40+,41-,42+/m1/s1. The van der Waals surface area contributed by atoms with Gasteiger partial charge in [0, 0.05) is 13.2 Å². The lowest BCUT2D eigenvalue weighted by molar-refractivity contribution is -0.0471. The average Bonchev–Trinajstić information content (AvgIpc) is 2.97. The van der Waals surface area contributed by atoms with Crippen molar-refractivity contribution < 1.29 is 14.6 Å². The summed E-state index contributed by atoms with van der Waals surface area (Å²) < 4.78 is 11.9. The van der Waals surface area contributed by atoms with Crippen LogP contribution in [0.2, 0.25) is 0 Å². The second-order valence-corrected chi connectivity index (χ2v) is 16.7. The van der Waals surface area contributed by atoms with Gasteiger partial charge >= 0.3 is 0 Å². The van der Waals surface area contributed by atoms with Crippen LogP contribution in [0.1, 0.15) is 197 Å². The van der Waals surface area contributed by atoms with Crippen LogP contribution in [0.3, 0.4) is 0 Å². The maximum atomic E-state index is 9.77. The average molecular weight is 639 g/mol. The Morgan fingerprint density at radius 3 is 1.16 bits per heavy atom. The van der Waals surface area contributed by atoms with Crippen LogP contribution in [0.4, 0.5) is 0 Å². The highest BCUT2D eigenvalue weighted by Crippen LogP contribution is 2.23. The summed E-state index contributed by atoms with van der Waals surface area (Å²) in [5, 5.41) is 9.77. The fourth-order valence-corrected chi connectivity index (χ4v) is 6.70. The highest BCUT2D eigenvalue weighted by Gasteiger charge is 2.12. The van der Waals surface area contributed by atoms with Gasteiger partial charge in [-0.15, -0.1) is 0 Å². The van der Waals surface area contributed by atoms with Crippen molar-refractivity contribution in [3.63, 3.8) is 0 Å². The minimum Gasteiger partial charge on any atom is -0.394 e. The number of hydrogen-bond acceptors (Lipinski definition) is 3. The highest BCUT2D eigenvalue weighted by molar-refractivity contribution is 4.63. The summed E-state index contributed by atoms with van der Waals surface area (Å²) in [4.78, 5) is 0. The van der Waals surface area contributed by atoms with Crippen LogP contribution in [-0.2, 0) is 9.47 Å². The first-order chi connectivity index (χ1) is 21.5. The highest BCUT2D eigenvalue weighted by atomic mass is 16.5. The zero-order valence-electron chi connectivity index (χ0n) is 32.6. The molecule has 0 saturated carbocycles. The van der Waals surface area contributed by atoms with E-state index in [0.717, 1.165) is 55.6 Å². The van der Waals surface area contributed by atoms with Crippen LogP contribution in [-0.4, -0.2) is 37.6 Å². The van der Waals surface area contributed by atoms with Crippen molar-refractivity contribution >= 4 is 0 Å². The second-order valence-electron chi connectivity index (χ2n) is 16.7. The van der Waals surface area contributed by atoms with E-state index in [0.29, 0.717) is 18.4 Å². The number of unbranched alkanes of at least 4 members (excludes halogenated alkanes) is 4. The largest absolute Gasteiger partial charge is 0.394 e. The van der Waals surface area contributed by atoms with E-state index in [1.807, 2.05) is 0 Å². The van der Waals surface area contributed by atoms with E-state index in [1.165, 1.54) is 122 Å². The minimum atomic E-state index is -0.184. The van der Waals surface area contributed by atoms with Crippen molar-refractivity contribution in [3.8, 4) is 0 Å². The number of aliphatic hydroxyl groups excluding tert-OH is 1. The monoisotopic (exact) mass is 639 g/mol. The van der Waals surface area contributed by atoms with E-state index >= 15 is 0 Å². The molecule has 45 heavy (non-hydrogen) atoms. The molecule has 0 unspecified atom stereocenters. The van der Waals surface area contributed by atoms with Crippen LogP contribution in [0.5, 0.6) is 0 Å². The number of aliphatic hydroxyl groups is 1. The van der Waals surface area contributed by atoms with Crippen molar-refractivity contribution in [2.24, 2.45) is 41.4 Å². The van der Waals surface area contributed by atoms with Crippen molar-refractivity contribution in [3.05, 3.63) is 0 Å². The fourth-order valence-electron chi connectivity index (χ4n) is 6.70. The van der Waals surface area contributed by atoms with Gasteiger partial charge in [0.05, 0.1) is 13.2 Å². The predicted octanol–water partition coefficient (Wildman–Crippen LogP) is 13.1. The molecule has 0 amide bonds. The van der Waals surface area contributed by atoms with Gasteiger partial charge in [0.2, 0.25) is 0 Å². The van der Waals surface area contributed by atoms with Gasteiger partial charge < -0.3 is 14.6 Å². The summed E-state index contributed by atoms with van der Waals surface area (Å²) in [5.74, 6) is 5.71. The SMILES string of the molecule is CC(C)CCCCCCC[C@@H](C)CCC[C@@H](C)CCO[C@@H](CO)COCC[C@@H](C)CCC[C@@H](C)CCC[C@@H](C)CCCC(C)C. The van der Waals surface area contributed by atoms with Crippen molar-refractivity contribution in [2.45, 2.75) is 203 Å². The molecule has 0 spiro atoms. The Balaban J connectivity index is 3.72. The van der Waals surface area contributed by atoms with Crippen molar-refractivity contribution in [1.29, 1.82) is 0 Å². The van der Waals surface area contributed by atoms with Gasteiger partial charge in [-0.25, -0.2) is 0 Å². The minimum absolute atomic E-state index is 0.0494. The molecule has 1 N–H and O–H groups in total. The molecule has 0 aromatic rings. The molecule has 3 heteroatoms. The van der Waals surface area contributed by atoms with E-state index in [-0.39, 0.29) is 12.7 Å². The van der Waals surface area contributed by atoms with Gasteiger partial charge in [0.25, 0.3) is 0 Å². The Hall–Kier alpha value is -0.120. The van der Waals surface area contributed by atoms with E-state index in [1.54, 1.807) is 0 Å². The molecule has 6 atom stereocenters. The predicted molar refractivity (Wildman–Crippen MR) is 200 cm³/mol. The van der Waals surface area contributed by atoms with Gasteiger partial charge in [-0.2, -0.15) is 0 Å². The molecule has 3 nitrogen and oxygen atoms in total. The summed E-state index contributed by atoms with van der Waals surface area (Å²) in [5.41, 5.74) is 0. The Kier molecular flexibility index (Phi) is 31.1. The fraction of sp³-hybridized carbons (Fsp3) is 1.00. The third kappa shape index (κ3) is 32.2. The lowest BCUT2D eigenvalue weighted by Crippen LogP contribution is -2.25. The molecule has 272 valence electrons. The van der Waals surface area contributed by atoms with Crippen molar-refractivity contribution in [1.82, 2.24) is 0 Å². The molecule has 0 fully saturated rings. The van der Waals surface area contributed by atoms with Gasteiger partial charge in [-0.05, 0) is 54.3 Å². The molecule has 0 bridgehead atoms.